The lowest BCUT2D eigenvalue weighted by molar-refractivity contribution is 0.648. The van der Waals surface area contributed by atoms with Gasteiger partial charge in [0.25, 0.3) is 0 Å². The van der Waals surface area contributed by atoms with E-state index in [2.05, 4.69) is 25.6 Å². The predicted octanol–water partition coefficient (Wildman–Crippen LogP) is 0.836. The van der Waals surface area contributed by atoms with Gasteiger partial charge < -0.3 is 5.32 Å². The van der Waals surface area contributed by atoms with Crippen LogP contribution in [0.2, 0.25) is 0 Å². The second-order valence-electron chi connectivity index (χ2n) is 3.11. The molecule has 0 saturated carbocycles. The second-order valence-corrected chi connectivity index (χ2v) is 4.18. The van der Waals surface area contributed by atoms with Crippen molar-refractivity contribution in [2.75, 3.05) is 12.4 Å². The summed E-state index contributed by atoms with van der Waals surface area (Å²) in [5.74, 6) is 1.68. The number of hydrogen-bond acceptors (Lipinski definition) is 6. The average Bonchev–Trinajstić information content (AvgIpc) is 2.75. The van der Waals surface area contributed by atoms with E-state index in [1.807, 2.05) is 25.6 Å². The highest BCUT2D eigenvalue weighted by atomic mass is 32.1. The van der Waals surface area contributed by atoms with Gasteiger partial charge in [0.2, 0.25) is 5.13 Å². The Bertz CT molecular complexity index is 459. The first-order valence-electron chi connectivity index (χ1n) is 4.57. The summed E-state index contributed by atoms with van der Waals surface area (Å²) in [6.07, 6.45) is 0. The van der Waals surface area contributed by atoms with Crippen molar-refractivity contribution < 1.29 is 0 Å². The topological polar surface area (TPSA) is 68.5 Å². The molecule has 0 aliphatic carbocycles. The van der Waals surface area contributed by atoms with Crippen molar-refractivity contribution in [1.29, 1.82) is 0 Å². The zero-order chi connectivity index (χ0) is 10.8. The van der Waals surface area contributed by atoms with Crippen LogP contribution in [0.25, 0.3) is 0 Å². The van der Waals surface area contributed by atoms with Gasteiger partial charge in [-0.05, 0) is 13.8 Å². The van der Waals surface area contributed by atoms with Gasteiger partial charge in [0.15, 0.2) is 0 Å². The smallest absolute Gasteiger partial charge is 0.205 e. The number of rotatable bonds is 3. The second kappa shape index (κ2) is 3.93. The number of hydrogen-bond donors (Lipinski definition) is 1. The van der Waals surface area contributed by atoms with Crippen molar-refractivity contribution in [2.45, 2.75) is 20.4 Å². The molecule has 2 rings (SSSR count). The van der Waals surface area contributed by atoms with Gasteiger partial charge in [0, 0.05) is 7.05 Å². The largest absolute Gasteiger partial charge is 0.363 e. The lowest BCUT2D eigenvalue weighted by Crippen LogP contribution is -2.03. The van der Waals surface area contributed by atoms with Crippen molar-refractivity contribution in [3.8, 4) is 0 Å². The first-order valence-corrected chi connectivity index (χ1v) is 5.39. The minimum Gasteiger partial charge on any atom is -0.363 e. The first kappa shape index (κ1) is 10.0. The molecular weight excluding hydrogens is 212 g/mol. The van der Waals surface area contributed by atoms with E-state index in [4.69, 9.17) is 0 Å². The maximum atomic E-state index is 4.26. The van der Waals surface area contributed by atoms with Crippen LogP contribution in [0.5, 0.6) is 0 Å². The van der Waals surface area contributed by atoms with Gasteiger partial charge in [-0.1, -0.05) is 11.3 Å². The van der Waals surface area contributed by atoms with E-state index in [1.54, 1.807) is 0 Å². The molecule has 0 spiro atoms. The third kappa shape index (κ3) is 2.12. The van der Waals surface area contributed by atoms with Crippen molar-refractivity contribution in [2.24, 2.45) is 0 Å². The predicted molar refractivity (Wildman–Crippen MR) is 58.1 cm³/mol. The lowest BCUT2D eigenvalue weighted by atomic mass is 10.6. The molecule has 80 valence electrons. The standard InChI is InChI=1S/C8H12N6S/c1-5-10-6(2)14(13-5)4-7-11-12-8(9-3)15-7/h4H2,1-3H3,(H,9,12). The van der Waals surface area contributed by atoms with Crippen molar-refractivity contribution in [3.63, 3.8) is 0 Å². The third-order valence-corrected chi connectivity index (χ3v) is 2.85. The molecule has 1 N–H and O–H groups in total. The van der Waals surface area contributed by atoms with Crippen LogP contribution in [-0.2, 0) is 6.54 Å². The molecule has 0 aromatic carbocycles. The zero-order valence-electron chi connectivity index (χ0n) is 8.85. The molecule has 0 amide bonds. The lowest BCUT2D eigenvalue weighted by Gasteiger charge is -1.97. The van der Waals surface area contributed by atoms with E-state index >= 15 is 0 Å². The van der Waals surface area contributed by atoms with Crippen LogP contribution in [0.3, 0.4) is 0 Å². The molecule has 15 heavy (non-hydrogen) atoms. The maximum Gasteiger partial charge on any atom is 0.205 e. The van der Waals surface area contributed by atoms with E-state index in [9.17, 15) is 0 Å². The summed E-state index contributed by atoms with van der Waals surface area (Å²) >= 11 is 1.52. The SMILES string of the molecule is CNc1nnc(Cn2nc(C)nc2C)s1. The molecule has 0 bridgehead atoms. The summed E-state index contributed by atoms with van der Waals surface area (Å²) in [6, 6.07) is 0. The summed E-state index contributed by atoms with van der Waals surface area (Å²) in [4.78, 5) is 4.23. The molecule has 0 radical (unpaired) electrons. The number of aryl methyl sites for hydroxylation is 2. The van der Waals surface area contributed by atoms with Crippen LogP contribution >= 0.6 is 11.3 Å². The van der Waals surface area contributed by atoms with Crippen LogP contribution in [0.1, 0.15) is 16.7 Å². The monoisotopic (exact) mass is 224 g/mol. The van der Waals surface area contributed by atoms with Crippen molar-refractivity contribution >= 4 is 16.5 Å². The Morgan fingerprint density at radius 1 is 1.33 bits per heavy atom. The van der Waals surface area contributed by atoms with Crippen molar-refractivity contribution in [1.82, 2.24) is 25.0 Å². The van der Waals surface area contributed by atoms with E-state index in [0.717, 1.165) is 21.8 Å². The molecule has 0 fully saturated rings. The Kier molecular flexibility index (Phi) is 2.63. The van der Waals surface area contributed by atoms with Gasteiger partial charge in [0.05, 0.1) is 6.54 Å². The highest BCUT2D eigenvalue weighted by Crippen LogP contribution is 2.15. The molecule has 2 aromatic rings. The summed E-state index contributed by atoms with van der Waals surface area (Å²) < 4.78 is 1.83. The molecule has 0 saturated heterocycles. The maximum absolute atomic E-state index is 4.26. The van der Waals surface area contributed by atoms with Gasteiger partial charge in [-0.25, -0.2) is 9.67 Å². The van der Waals surface area contributed by atoms with E-state index < -0.39 is 0 Å². The molecule has 2 aromatic heterocycles. The first-order chi connectivity index (χ1) is 7.19. The molecule has 0 atom stereocenters. The molecule has 0 unspecified atom stereocenters. The summed E-state index contributed by atoms with van der Waals surface area (Å²) in [7, 11) is 1.83. The Morgan fingerprint density at radius 2 is 2.13 bits per heavy atom. The van der Waals surface area contributed by atoms with Gasteiger partial charge >= 0.3 is 0 Å². The minimum absolute atomic E-state index is 0.631. The molecule has 0 aliphatic heterocycles. The molecule has 6 nitrogen and oxygen atoms in total. The zero-order valence-corrected chi connectivity index (χ0v) is 9.67. The highest BCUT2D eigenvalue weighted by Gasteiger charge is 2.07. The molecule has 7 heteroatoms. The van der Waals surface area contributed by atoms with Gasteiger partial charge in [0.1, 0.15) is 16.7 Å². The number of aromatic nitrogens is 5. The Balaban J connectivity index is 2.17. The highest BCUT2D eigenvalue weighted by molar-refractivity contribution is 7.15. The average molecular weight is 224 g/mol. The van der Waals surface area contributed by atoms with Crippen LogP contribution in [-0.4, -0.2) is 32.0 Å². The Hall–Kier alpha value is -1.50. The van der Waals surface area contributed by atoms with Gasteiger partial charge in [-0.2, -0.15) is 5.10 Å². The summed E-state index contributed by atoms with van der Waals surface area (Å²) in [5.41, 5.74) is 0. The van der Waals surface area contributed by atoms with Gasteiger partial charge in [-0.15, -0.1) is 10.2 Å². The number of nitrogens with one attached hydrogen (secondary N) is 1. The molecular formula is C8H12N6S. The van der Waals surface area contributed by atoms with Gasteiger partial charge in [-0.3, -0.25) is 0 Å². The van der Waals surface area contributed by atoms with Crippen LogP contribution < -0.4 is 5.32 Å². The molecule has 0 aliphatic rings. The fourth-order valence-corrected chi connectivity index (χ4v) is 1.93. The summed E-state index contributed by atoms with van der Waals surface area (Å²) in [6.45, 7) is 4.44. The van der Waals surface area contributed by atoms with Crippen LogP contribution in [0, 0.1) is 13.8 Å². The van der Waals surface area contributed by atoms with Crippen LogP contribution in [0.15, 0.2) is 0 Å². The fraction of sp³-hybridized carbons (Fsp3) is 0.500. The minimum atomic E-state index is 0.631. The van der Waals surface area contributed by atoms with Crippen LogP contribution in [0.4, 0.5) is 5.13 Å². The fourth-order valence-electron chi connectivity index (χ4n) is 1.26. The normalized spacial score (nSPS) is 10.6. The van der Waals surface area contributed by atoms with E-state index in [0.29, 0.717) is 6.54 Å². The Morgan fingerprint density at radius 3 is 2.67 bits per heavy atom. The number of nitrogens with zero attached hydrogens (tertiary/aromatic N) is 5. The quantitative estimate of drug-likeness (QED) is 0.836. The van der Waals surface area contributed by atoms with E-state index in [-0.39, 0.29) is 0 Å². The Labute approximate surface area is 91.4 Å². The van der Waals surface area contributed by atoms with E-state index in [1.165, 1.54) is 11.3 Å². The molecule has 2 heterocycles. The summed E-state index contributed by atoms with van der Waals surface area (Å²) in [5, 5.41) is 17.0. The van der Waals surface area contributed by atoms with Crippen molar-refractivity contribution in [3.05, 3.63) is 16.7 Å². The number of anilines is 1. The third-order valence-electron chi connectivity index (χ3n) is 1.93.